The van der Waals surface area contributed by atoms with Crippen LogP contribution in [0.25, 0.3) is 0 Å². The molecular formula is C10H16O3. The van der Waals surface area contributed by atoms with Gasteiger partial charge in [0.15, 0.2) is 5.78 Å². The molecule has 0 N–H and O–H groups in total. The minimum Gasteiger partial charge on any atom is -0.381 e. The third kappa shape index (κ3) is 2.78. The minimum absolute atomic E-state index is 0.110. The molecule has 0 aromatic heterocycles. The Bertz CT molecular complexity index is 181. The first-order valence-electron chi connectivity index (χ1n) is 5.04. The fraction of sp³-hybridized carbons (Fsp3) is 0.900. The Hall–Kier alpha value is -0.410. The lowest BCUT2D eigenvalue weighted by Gasteiger charge is -2.06. The molecule has 0 spiro atoms. The Morgan fingerprint density at radius 2 is 2.23 bits per heavy atom. The molecule has 0 aromatic rings. The first kappa shape index (κ1) is 9.16. The number of hydrogen-bond donors (Lipinski definition) is 0. The molecule has 0 radical (unpaired) electrons. The van der Waals surface area contributed by atoms with Gasteiger partial charge in [-0.25, -0.2) is 0 Å². The molecule has 3 nitrogen and oxygen atoms in total. The SMILES string of the molecule is O=C(COCC1CC1)C1CCOC1. The van der Waals surface area contributed by atoms with Gasteiger partial charge in [-0.2, -0.15) is 0 Å². The summed E-state index contributed by atoms with van der Waals surface area (Å²) in [5, 5.41) is 0. The smallest absolute Gasteiger partial charge is 0.163 e. The third-order valence-electron chi connectivity index (χ3n) is 2.68. The molecule has 1 heterocycles. The maximum atomic E-state index is 11.4. The van der Waals surface area contributed by atoms with E-state index in [1.165, 1.54) is 12.8 Å². The van der Waals surface area contributed by atoms with Crippen LogP contribution in [-0.2, 0) is 14.3 Å². The van der Waals surface area contributed by atoms with Gasteiger partial charge >= 0.3 is 0 Å². The Labute approximate surface area is 78.4 Å². The van der Waals surface area contributed by atoms with Crippen LogP contribution in [0.3, 0.4) is 0 Å². The van der Waals surface area contributed by atoms with Gasteiger partial charge in [0.25, 0.3) is 0 Å². The topological polar surface area (TPSA) is 35.5 Å². The highest BCUT2D eigenvalue weighted by atomic mass is 16.5. The number of carbonyl (C=O) groups excluding carboxylic acids is 1. The summed E-state index contributed by atoms with van der Waals surface area (Å²) in [6, 6.07) is 0. The molecule has 1 unspecified atom stereocenters. The van der Waals surface area contributed by atoms with E-state index in [1.807, 2.05) is 0 Å². The molecule has 1 aliphatic heterocycles. The van der Waals surface area contributed by atoms with Crippen LogP contribution < -0.4 is 0 Å². The van der Waals surface area contributed by atoms with E-state index in [0.29, 0.717) is 13.2 Å². The maximum absolute atomic E-state index is 11.4. The fourth-order valence-corrected chi connectivity index (χ4v) is 1.52. The molecule has 0 bridgehead atoms. The Kier molecular flexibility index (Phi) is 2.96. The van der Waals surface area contributed by atoms with Crippen LogP contribution in [0.5, 0.6) is 0 Å². The molecule has 3 heteroatoms. The quantitative estimate of drug-likeness (QED) is 0.640. The van der Waals surface area contributed by atoms with Gasteiger partial charge < -0.3 is 9.47 Å². The second-order valence-electron chi connectivity index (χ2n) is 3.99. The number of Topliss-reactive ketones (excluding diaryl/α,β-unsaturated/α-hetero) is 1. The lowest BCUT2D eigenvalue weighted by atomic mass is 10.0. The predicted octanol–water partition coefficient (Wildman–Crippen LogP) is 1.02. The Morgan fingerprint density at radius 1 is 1.38 bits per heavy atom. The van der Waals surface area contributed by atoms with Gasteiger partial charge in [0.2, 0.25) is 0 Å². The van der Waals surface area contributed by atoms with Gasteiger partial charge in [0.05, 0.1) is 6.61 Å². The molecule has 2 aliphatic rings. The van der Waals surface area contributed by atoms with Crippen molar-refractivity contribution in [3.63, 3.8) is 0 Å². The van der Waals surface area contributed by atoms with Gasteiger partial charge in [-0.15, -0.1) is 0 Å². The molecule has 1 aliphatic carbocycles. The number of ketones is 1. The molecule has 74 valence electrons. The molecule has 2 fully saturated rings. The second kappa shape index (κ2) is 4.20. The van der Waals surface area contributed by atoms with Crippen LogP contribution in [0.15, 0.2) is 0 Å². The van der Waals surface area contributed by atoms with Gasteiger partial charge in [-0.3, -0.25) is 4.79 Å². The van der Waals surface area contributed by atoms with E-state index < -0.39 is 0 Å². The summed E-state index contributed by atoms with van der Waals surface area (Å²) in [6.45, 7) is 2.41. The standard InChI is InChI=1S/C10H16O3/c11-10(9-3-4-12-6-9)7-13-5-8-1-2-8/h8-9H,1-7H2. The second-order valence-corrected chi connectivity index (χ2v) is 3.99. The van der Waals surface area contributed by atoms with Crippen LogP contribution in [0.2, 0.25) is 0 Å². The van der Waals surface area contributed by atoms with Crippen molar-refractivity contribution in [2.45, 2.75) is 19.3 Å². The van der Waals surface area contributed by atoms with E-state index in [1.54, 1.807) is 0 Å². The highest BCUT2D eigenvalue weighted by molar-refractivity contribution is 5.82. The van der Waals surface area contributed by atoms with Crippen molar-refractivity contribution in [2.75, 3.05) is 26.4 Å². The van der Waals surface area contributed by atoms with E-state index >= 15 is 0 Å². The lowest BCUT2D eigenvalue weighted by Crippen LogP contribution is -2.20. The van der Waals surface area contributed by atoms with Crippen molar-refractivity contribution in [1.82, 2.24) is 0 Å². The van der Waals surface area contributed by atoms with Crippen molar-refractivity contribution in [3.05, 3.63) is 0 Å². The molecule has 1 saturated heterocycles. The normalized spacial score (nSPS) is 27.8. The first-order valence-corrected chi connectivity index (χ1v) is 5.04. The van der Waals surface area contributed by atoms with E-state index in [9.17, 15) is 4.79 Å². The monoisotopic (exact) mass is 184 g/mol. The van der Waals surface area contributed by atoms with Gasteiger partial charge in [0, 0.05) is 19.1 Å². The third-order valence-corrected chi connectivity index (χ3v) is 2.68. The van der Waals surface area contributed by atoms with Crippen molar-refractivity contribution < 1.29 is 14.3 Å². The number of hydrogen-bond acceptors (Lipinski definition) is 3. The van der Waals surface area contributed by atoms with E-state index in [0.717, 1.165) is 25.6 Å². The molecule has 0 amide bonds. The maximum Gasteiger partial charge on any atom is 0.163 e. The minimum atomic E-state index is 0.110. The number of ether oxygens (including phenoxy) is 2. The Morgan fingerprint density at radius 3 is 2.85 bits per heavy atom. The van der Waals surface area contributed by atoms with Crippen molar-refractivity contribution in [2.24, 2.45) is 11.8 Å². The summed E-state index contributed by atoms with van der Waals surface area (Å²) < 4.78 is 10.5. The van der Waals surface area contributed by atoms with Crippen LogP contribution in [-0.4, -0.2) is 32.2 Å². The molecule has 0 aromatic carbocycles. The van der Waals surface area contributed by atoms with Gasteiger partial charge in [-0.05, 0) is 25.2 Å². The van der Waals surface area contributed by atoms with E-state index in [-0.39, 0.29) is 11.7 Å². The predicted molar refractivity (Wildman–Crippen MR) is 47.5 cm³/mol. The zero-order chi connectivity index (χ0) is 9.10. The Balaban J connectivity index is 1.59. The van der Waals surface area contributed by atoms with Crippen LogP contribution in [0.4, 0.5) is 0 Å². The average Bonchev–Trinajstić information content (AvgIpc) is 2.80. The first-order chi connectivity index (χ1) is 6.36. The molecule has 1 saturated carbocycles. The summed E-state index contributed by atoms with van der Waals surface area (Å²) in [4.78, 5) is 11.4. The highest BCUT2D eigenvalue weighted by Gasteiger charge is 2.25. The van der Waals surface area contributed by atoms with Gasteiger partial charge in [0.1, 0.15) is 6.61 Å². The van der Waals surface area contributed by atoms with E-state index in [4.69, 9.17) is 9.47 Å². The van der Waals surface area contributed by atoms with Crippen molar-refractivity contribution >= 4 is 5.78 Å². The van der Waals surface area contributed by atoms with Crippen LogP contribution >= 0.6 is 0 Å². The lowest BCUT2D eigenvalue weighted by molar-refractivity contribution is -0.127. The van der Waals surface area contributed by atoms with Crippen LogP contribution in [0, 0.1) is 11.8 Å². The summed E-state index contributed by atoms with van der Waals surface area (Å²) in [5.74, 6) is 1.07. The molecule has 1 atom stereocenters. The molecule has 2 rings (SSSR count). The zero-order valence-corrected chi connectivity index (χ0v) is 7.83. The van der Waals surface area contributed by atoms with Gasteiger partial charge in [-0.1, -0.05) is 0 Å². The van der Waals surface area contributed by atoms with E-state index in [2.05, 4.69) is 0 Å². The summed E-state index contributed by atoms with van der Waals surface area (Å²) in [6.07, 6.45) is 3.44. The summed E-state index contributed by atoms with van der Waals surface area (Å²) in [5.41, 5.74) is 0. The summed E-state index contributed by atoms with van der Waals surface area (Å²) in [7, 11) is 0. The molecular weight excluding hydrogens is 168 g/mol. The van der Waals surface area contributed by atoms with Crippen molar-refractivity contribution in [3.8, 4) is 0 Å². The molecule has 13 heavy (non-hydrogen) atoms. The summed E-state index contributed by atoms with van der Waals surface area (Å²) >= 11 is 0. The highest BCUT2D eigenvalue weighted by Crippen LogP contribution is 2.28. The average molecular weight is 184 g/mol. The number of carbonyl (C=O) groups is 1. The fourth-order valence-electron chi connectivity index (χ4n) is 1.52. The van der Waals surface area contributed by atoms with Crippen LogP contribution in [0.1, 0.15) is 19.3 Å². The van der Waals surface area contributed by atoms with Crippen molar-refractivity contribution in [1.29, 1.82) is 0 Å². The number of rotatable bonds is 5. The zero-order valence-electron chi connectivity index (χ0n) is 7.83. The largest absolute Gasteiger partial charge is 0.381 e.